The van der Waals surface area contributed by atoms with Crippen molar-refractivity contribution in [3.05, 3.63) is 74.1 Å². The lowest BCUT2D eigenvalue weighted by Crippen LogP contribution is -2.42. The highest BCUT2D eigenvalue weighted by molar-refractivity contribution is 7.10. The predicted molar refractivity (Wildman–Crippen MR) is 106 cm³/mol. The van der Waals surface area contributed by atoms with Crippen molar-refractivity contribution < 1.29 is 14.3 Å². The molecule has 0 bridgehead atoms. The second-order valence-corrected chi connectivity index (χ2v) is 8.18. The molecule has 0 radical (unpaired) electrons. The molecular formula is C20H18N2O3S2. The lowest BCUT2D eigenvalue weighted by atomic mass is 9.98. The van der Waals surface area contributed by atoms with Gasteiger partial charge in [-0.3, -0.25) is 9.59 Å². The van der Waals surface area contributed by atoms with Crippen LogP contribution in [0.5, 0.6) is 5.75 Å². The predicted octanol–water partition coefficient (Wildman–Crippen LogP) is 3.46. The van der Waals surface area contributed by atoms with E-state index < -0.39 is 5.91 Å². The third-order valence-corrected chi connectivity index (χ3v) is 6.52. The number of carbonyl (C=O) groups excluding carboxylic acids is 2. The van der Waals surface area contributed by atoms with Gasteiger partial charge in [0, 0.05) is 16.3 Å². The zero-order chi connectivity index (χ0) is 18.8. The first kappa shape index (κ1) is 17.8. The largest absolute Gasteiger partial charge is 0.483 e. The number of rotatable bonds is 5. The van der Waals surface area contributed by atoms with E-state index in [1.54, 1.807) is 46.9 Å². The Kier molecular flexibility index (Phi) is 4.96. The molecule has 2 amide bonds. The Morgan fingerprint density at radius 2 is 1.96 bits per heavy atom. The van der Waals surface area contributed by atoms with E-state index in [9.17, 15) is 9.59 Å². The van der Waals surface area contributed by atoms with Crippen LogP contribution in [0.3, 0.4) is 0 Å². The molecule has 1 aromatic carbocycles. The standard InChI is InChI=1S/C20H18N2O3S2/c21-20(24)13-4-1-2-5-15(13)25-12-18(23)22-9-7-16-14(8-11-27-16)19(22)17-6-3-10-26-17/h1-6,8,10-11,19H,7,9,12H2,(H2,21,24)/t19-/m1/s1. The highest BCUT2D eigenvalue weighted by atomic mass is 32.1. The summed E-state index contributed by atoms with van der Waals surface area (Å²) in [6.07, 6.45) is 0.846. The molecule has 3 aromatic rings. The summed E-state index contributed by atoms with van der Waals surface area (Å²) < 4.78 is 5.66. The minimum absolute atomic E-state index is 0.0810. The van der Waals surface area contributed by atoms with Crippen LogP contribution in [0.25, 0.3) is 0 Å². The average Bonchev–Trinajstić information content (AvgIpc) is 3.37. The first-order valence-corrected chi connectivity index (χ1v) is 10.3. The van der Waals surface area contributed by atoms with Gasteiger partial charge in [0.1, 0.15) is 5.75 Å². The number of ether oxygens (including phenoxy) is 1. The summed E-state index contributed by atoms with van der Waals surface area (Å²) in [5.74, 6) is -0.348. The molecular weight excluding hydrogens is 380 g/mol. The van der Waals surface area contributed by atoms with Gasteiger partial charge in [0.2, 0.25) is 0 Å². The van der Waals surface area contributed by atoms with Crippen LogP contribution in [0.1, 0.15) is 31.7 Å². The number of carbonyl (C=O) groups is 2. The van der Waals surface area contributed by atoms with Gasteiger partial charge in [-0.15, -0.1) is 22.7 Å². The fourth-order valence-electron chi connectivity index (χ4n) is 3.36. The number of primary amides is 1. The summed E-state index contributed by atoms with van der Waals surface area (Å²) in [6, 6.07) is 12.8. The van der Waals surface area contributed by atoms with Crippen LogP contribution in [-0.4, -0.2) is 29.9 Å². The Hall–Kier alpha value is -2.64. The van der Waals surface area contributed by atoms with Crippen molar-refractivity contribution in [2.24, 2.45) is 5.73 Å². The SMILES string of the molecule is NC(=O)c1ccccc1OCC(=O)N1CCc2sccc2[C@@H]1c1cccs1. The molecule has 1 aliphatic heterocycles. The number of para-hydroxylation sites is 1. The van der Waals surface area contributed by atoms with Crippen LogP contribution in [-0.2, 0) is 11.2 Å². The van der Waals surface area contributed by atoms with Crippen molar-refractivity contribution in [2.45, 2.75) is 12.5 Å². The molecule has 0 saturated carbocycles. The zero-order valence-electron chi connectivity index (χ0n) is 14.5. The summed E-state index contributed by atoms with van der Waals surface area (Å²) in [5, 5.41) is 4.11. The second kappa shape index (κ2) is 7.54. The maximum atomic E-state index is 13.0. The molecule has 0 spiro atoms. The quantitative estimate of drug-likeness (QED) is 0.715. The number of thiophene rings is 2. The Balaban J connectivity index is 1.56. The van der Waals surface area contributed by atoms with Gasteiger partial charge in [-0.05, 0) is 47.0 Å². The summed E-state index contributed by atoms with van der Waals surface area (Å²) in [5.41, 5.74) is 6.85. The van der Waals surface area contributed by atoms with Gasteiger partial charge in [-0.25, -0.2) is 0 Å². The van der Waals surface area contributed by atoms with Crippen LogP contribution < -0.4 is 10.5 Å². The molecule has 2 aromatic heterocycles. The third-order valence-electron chi connectivity index (χ3n) is 4.60. The van der Waals surface area contributed by atoms with E-state index in [0.29, 0.717) is 12.3 Å². The third kappa shape index (κ3) is 3.48. The van der Waals surface area contributed by atoms with Crippen LogP contribution in [0.4, 0.5) is 0 Å². The summed E-state index contributed by atoms with van der Waals surface area (Å²) in [7, 11) is 0. The van der Waals surface area contributed by atoms with Crippen LogP contribution in [0.2, 0.25) is 0 Å². The number of hydrogen-bond donors (Lipinski definition) is 1. The van der Waals surface area contributed by atoms with Crippen LogP contribution >= 0.6 is 22.7 Å². The first-order chi connectivity index (χ1) is 13.1. The van der Waals surface area contributed by atoms with Crippen molar-refractivity contribution in [2.75, 3.05) is 13.2 Å². The van der Waals surface area contributed by atoms with E-state index in [1.807, 2.05) is 16.3 Å². The molecule has 4 rings (SSSR count). The number of nitrogens with two attached hydrogens (primary N) is 1. The molecule has 0 fully saturated rings. The monoisotopic (exact) mass is 398 g/mol. The molecule has 1 aliphatic rings. The van der Waals surface area contributed by atoms with E-state index in [2.05, 4.69) is 17.5 Å². The molecule has 27 heavy (non-hydrogen) atoms. The molecule has 0 saturated heterocycles. The van der Waals surface area contributed by atoms with Crippen LogP contribution in [0.15, 0.2) is 53.2 Å². The highest BCUT2D eigenvalue weighted by Gasteiger charge is 2.33. The molecule has 1 atom stereocenters. The van der Waals surface area contributed by atoms with Gasteiger partial charge < -0.3 is 15.4 Å². The van der Waals surface area contributed by atoms with Gasteiger partial charge >= 0.3 is 0 Å². The van der Waals surface area contributed by atoms with Crippen molar-refractivity contribution in [3.8, 4) is 5.75 Å². The first-order valence-electron chi connectivity index (χ1n) is 8.56. The molecule has 2 N–H and O–H groups in total. The smallest absolute Gasteiger partial charge is 0.261 e. The van der Waals surface area contributed by atoms with E-state index in [4.69, 9.17) is 10.5 Å². The van der Waals surface area contributed by atoms with Crippen molar-refractivity contribution in [3.63, 3.8) is 0 Å². The number of fused-ring (bicyclic) bond motifs is 1. The minimum Gasteiger partial charge on any atom is -0.483 e. The van der Waals surface area contributed by atoms with E-state index in [1.165, 1.54) is 10.4 Å². The fraction of sp³-hybridized carbons (Fsp3) is 0.200. The topological polar surface area (TPSA) is 72.6 Å². The van der Waals surface area contributed by atoms with Gasteiger partial charge in [0.25, 0.3) is 11.8 Å². The van der Waals surface area contributed by atoms with Gasteiger partial charge in [0.15, 0.2) is 6.61 Å². The zero-order valence-corrected chi connectivity index (χ0v) is 16.1. The Labute approximate surface area is 165 Å². The maximum absolute atomic E-state index is 13.0. The molecule has 138 valence electrons. The van der Waals surface area contributed by atoms with Gasteiger partial charge in [0.05, 0.1) is 11.6 Å². The van der Waals surface area contributed by atoms with Crippen molar-refractivity contribution in [1.82, 2.24) is 4.90 Å². The number of hydrogen-bond acceptors (Lipinski definition) is 5. The van der Waals surface area contributed by atoms with E-state index in [-0.39, 0.29) is 24.1 Å². The van der Waals surface area contributed by atoms with Crippen LogP contribution in [0, 0.1) is 0 Å². The minimum atomic E-state index is -0.574. The molecule has 7 heteroatoms. The number of amides is 2. The van der Waals surface area contributed by atoms with E-state index >= 15 is 0 Å². The van der Waals surface area contributed by atoms with Crippen molar-refractivity contribution >= 4 is 34.5 Å². The lowest BCUT2D eigenvalue weighted by molar-refractivity contribution is -0.135. The Morgan fingerprint density at radius 1 is 1.11 bits per heavy atom. The van der Waals surface area contributed by atoms with Crippen molar-refractivity contribution in [1.29, 1.82) is 0 Å². The number of benzene rings is 1. The summed E-state index contributed by atoms with van der Waals surface area (Å²) in [4.78, 5) is 28.9. The molecule has 0 aliphatic carbocycles. The fourth-order valence-corrected chi connectivity index (χ4v) is 5.12. The molecule has 3 heterocycles. The van der Waals surface area contributed by atoms with Gasteiger partial charge in [-0.1, -0.05) is 18.2 Å². The van der Waals surface area contributed by atoms with E-state index in [0.717, 1.165) is 11.3 Å². The average molecular weight is 399 g/mol. The normalized spacial score (nSPS) is 16.0. The Bertz CT molecular complexity index is 965. The Morgan fingerprint density at radius 3 is 2.74 bits per heavy atom. The highest BCUT2D eigenvalue weighted by Crippen LogP contribution is 2.39. The summed E-state index contributed by atoms with van der Waals surface area (Å²) in [6.45, 7) is 0.515. The second-order valence-electron chi connectivity index (χ2n) is 6.20. The molecule has 0 unspecified atom stereocenters. The van der Waals surface area contributed by atoms with Gasteiger partial charge in [-0.2, -0.15) is 0 Å². The summed E-state index contributed by atoms with van der Waals surface area (Å²) >= 11 is 3.39. The molecule has 5 nitrogen and oxygen atoms in total. The lowest BCUT2D eigenvalue weighted by Gasteiger charge is -2.35. The maximum Gasteiger partial charge on any atom is 0.261 e. The number of nitrogens with zero attached hydrogens (tertiary/aromatic N) is 1.